The van der Waals surface area contributed by atoms with Gasteiger partial charge in [-0.05, 0) is 51.5 Å². The van der Waals surface area contributed by atoms with Crippen molar-refractivity contribution in [1.82, 2.24) is 0 Å². The Kier molecular flexibility index (Phi) is 10.7. The number of hydrogen-bond donors (Lipinski definition) is 0. The minimum atomic E-state index is -0.459. The molecule has 0 fully saturated rings. The molecule has 0 aromatic heterocycles. The van der Waals surface area contributed by atoms with Crippen molar-refractivity contribution < 1.29 is 9.47 Å². The van der Waals surface area contributed by atoms with Gasteiger partial charge in [0.15, 0.2) is 0 Å². The molecule has 0 N–H and O–H groups in total. The molecule has 0 aliphatic heterocycles. The Morgan fingerprint density at radius 1 is 0.538 bits per heavy atom. The molecule has 1 unspecified atom stereocenters. The summed E-state index contributed by atoms with van der Waals surface area (Å²) in [5.74, 6) is 1.69. The van der Waals surface area contributed by atoms with Gasteiger partial charge in [-0.25, -0.2) is 9.98 Å². The van der Waals surface area contributed by atoms with Crippen molar-refractivity contribution in [3.63, 3.8) is 0 Å². The van der Waals surface area contributed by atoms with Crippen LogP contribution in [-0.2, 0) is 9.47 Å². The third kappa shape index (κ3) is 7.05. The normalized spacial score (nSPS) is 13.6. The minimum absolute atomic E-state index is 0.304. The molecule has 4 nitrogen and oxygen atoms in total. The van der Waals surface area contributed by atoms with Crippen LogP contribution in [0, 0.1) is 0 Å². The van der Waals surface area contributed by atoms with Gasteiger partial charge in [0.05, 0.1) is 18.5 Å². The largest absolute Gasteiger partial charge is 0.480 e. The summed E-state index contributed by atoms with van der Waals surface area (Å²) in [5.41, 5.74) is 8.36. The molecule has 4 heteroatoms. The lowest BCUT2D eigenvalue weighted by Crippen LogP contribution is -2.26. The predicted octanol–water partition coefficient (Wildman–Crippen LogP) is 10.0. The van der Waals surface area contributed by atoms with Gasteiger partial charge in [-0.2, -0.15) is 0 Å². The predicted molar refractivity (Wildman–Crippen MR) is 167 cm³/mol. The Labute approximate surface area is 236 Å². The molecule has 0 saturated carbocycles. The summed E-state index contributed by atoms with van der Waals surface area (Å²) >= 11 is 0. The fraction of sp³-hybridized carbons (Fsp3) is 0.429. The van der Waals surface area contributed by atoms with Gasteiger partial charge in [0, 0.05) is 7.11 Å². The number of benzene rings is 3. The quantitative estimate of drug-likeness (QED) is 0.195. The van der Waals surface area contributed by atoms with Crippen LogP contribution < -0.4 is 0 Å². The molecule has 0 radical (unpaired) electrons. The Morgan fingerprint density at radius 3 is 1.31 bits per heavy atom. The molecular formula is C35H46N2O2. The average Bonchev–Trinajstić information content (AvgIpc) is 2.91. The SMILES string of the molecule is COC(=Nc1c(C(C)C)cccc1C(C)C)C(=Nc1c(C(C)C)cccc1C(C)C)C(OC)c1ccccc1. The molecule has 0 saturated heterocycles. The van der Waals surface area contributed by atoms with E-state index in [4.69, 9.17) is 19.5 Å². The highest BCUT2D eigenvalue weighted by atomic mass is 16.5. The second-order valence-corrected chi connectivity index (χ2v) is 11.3. The summed E-state index contributed by atoms with van der Waals surface area (Å²) in [6.45, 7) is 17.7. The van der Waals surface area contributed by atoms with Crippen LogP contribution in [0.25, 0.3) is 0 Å². The van der Waals surface area contributed by atoms with Crippen LogP contribution in [0.1, 0.15) is 113 Å². The van der Waals surface area contributed by atoms with E-state index in [0.717, 1.165) is 16.9 Å². The second kappa shape index (κ2) is 13.7. The van der Waals surface area contributed by atoms with E-state index in [-0.39, 0.29) is 0 Å². The minimum Gasteiger partial charge on any atom is -0.480 e. The topological polar surface area (TPSA) is 43.2 Å². The molecule has 0 heterocycles. The highest BCUT2D eigenvalue weighted by Gasteiger charge is 2.27. The van der Waals surface area contributed by atoms with E-state index >= 15 is 0 Å². The van der Waals surface area contributed by atoms with Gasteiger partial charge in [0.1, 0.15) is 11.8 Å². The third-order valence-electron chi connectivity index (χ3n) is 7.13. The summed E-state index contributed by atoms with van der Waals surface area (Å²) in [7, 11) is 3.40. The van der Waals surface area contributed by atoms with Crippen LogP contribution in [0.15, 0.2) is 76.7 Å². The molecule has 0 bridgehead atoms. The fourth-order valence-corrected chi connectivity index (χ4v) is 4.96. The maximum Gasteiger partial charge on any atom is 0.239 e. The number of para-hydroxylation sites is 2. The Hall–Kier alpha value is -3.24. The molecule has 1 atom stereocenters. The van der Waals surface area contributed by atoms with Crippen LogP contribution in [0.2, 0.25) is 0 Å². The van der Waals surface area contributed by atoms with Crippen LogP contribution in [0.4, 0.5) is 11.4 Å². The van der Waals surface area contributed by atoms with Gasteiger partial charge >= 0.3 is 0 Å². The van der Waals surface area contributed by atoms with Gasteiger partial charge in [-0.3, -0.25) is 0 Å². The summed E-state index contributed by atoms with van der Waals surface area (Å²) in [4.78, 5) is 10.6. The summed E-state index contributed by atoms with van der Waals surface area (Å²) < 4.78 is 12.3. The van der Waals surface area contributed by atoms with Crippen molar-refractivity contribution in [1.29, 1.82) is 0 Å². The highest BCUT2D eigenvalue weighted by molar-refractivity contribution is 6.41. The van der Waals surface area contributed by atoms with E-state index < -0.39 is 6.10 Å². The molecular weight excluding hydrogens is 480 g/mol. The summed E-state index contributed by atoms with van der Waals surface area (Å²) in [5, 5.41) is 0. The monoisotopic (exact) mass is 526 g/mol. The van der Waals surface area contributed by atoms with E-state index in [0.29, 0.717) is 35.3 Å². The number of nitrogens with zero attached hydrogens (tertiary/aromatic N) is 2. The molecule has 3 aromatic carbocycles. The first-order chi connectivity index (χ1) is 18.6. The zero-order valence-corrected chi connectivity index (χ0v) is 25.4. The van der Waals surface area contributed by atoms with Crippen molar-refractivity contribution in [2.75, 3.05) is 14.2 Å². The third-order valence-corrected chi connectivity index (χ3v) is 7.13. The van der Waals surface area contributed by atoms with E-state index in [1.165, 1.54) is 22.3 Å². The first kappa shape index (κ1) is 30.3. The van der Waals surface area contributed by atoms with Crippen LogP contribution in [0.3, 0.4) is 0 Å². The maximum absolute atomic E-state index is 6.16. The lowest BCUT2D eigenvalue weighted by Gasteiger charge is -2.23. The summed E-state index contributed by atoms with van der Waals surface area (Å²) in [6.07, 6.45) is -0.459. The van der Waals surface area contributed by atoms with E-state index in [2.05, 4.69) is 104 Å². The van der Waals surface area contributed by atoms with Crippen molar-refractivity contribution >= 4 is 23.0 Å². The summed E-state index contributed by atoms with van der Waals surface area (Å²) in [6, 6.07) is 23.1. The van der Waals surface area contributed by atoms with E-state index in [1.54, 1.807) is 14.2 Å². The van der Waals surface area contributed by atoms with E-state index in [1.807, 2.05) is 18.2 Å². The molecule has 208 valence electrons. The van der Waals surface area contributed by atoms with Crippen LogP contribution in [-0.4, -0.2) is 25.8 Å². The Balaban J connectivity index is 2.42. The first-order valence-corrected chi connectivity index (χ1v) is 14.2. The van der Waals surface area contributed by atoms with Crippen molar-refractivity contribution in [2.24, 2.45) is 9.98 Å². The first-order valence-electron chi connectivity index (χ1n) is 14.2. The van der Waals surface area contributed by atoms with Gasteiger partial charge in [-0.1, -0.05) is 122 Å². The second-order valence-electron chi connectivity index (χ2n) is 11.3. The zero-order chi connectivity index (χ0) is 28.7. The lowest BCUT2D eigenvalue weighted by molar-refractivity contribution is 0.158. The number of rotatable bonds is 10. The molecule has 0 spiro atoms. The number of aliphatic imine (C=N–C) groups is 2. The maximum atomic E-state index is 6.16. The molecule has 3 rings (SSSR count). The van der Waals surface area contributed by atoms with Gasteiger partial charge in [0.25, 0.3) is 0 Å². The van der Waals surface area contributed by atoms with E-state index in [9.17, 15) is 0 Å². The zero-order valence-electron chi connectivity index (χ0n) is 25.4. The standard InChI is InChI=1S/C35H46N2O2/c1-22(2)27-18-14-19-28(23(3)4)31(27)36-33(34(38-9)26-16-12-11-13-17-26)35(39-10)37-32-29(24(5)6)20-15-21-30(32)25(7)8/h11-25,34H,1-10H3. The van der Waals surface area contributed by atoms with Gasteiger partial charge < -0.3 is 9.47 Å². The Bertz CT molecular complexity index is 1230. The highest BCUT2D eigenvalue weighted by Crippen LogP contribution is 2.38. The fourth-order valence-electron chi connectivity index (χ4n) is 4.96. The van der Waals surface area contributed by atoms with Gasteiger partial charge in [0.2, 0.25) is 5.90 Å². The van der Waals surface area contributed by atoms with Crippen molar-refractivity contribution in [2.45, 2.75) is 85.2 Å². The lowest BCUT2D eigenvalue weighted by atomic mass is 9.92. The smallest absolute Gasteiger partial charge is 0.239 e. The van der Waals surface area contributed by atoms with Crippen LogP contribution >= 0.6 is 0 Å². The Morgan fingerprint density at radius 2 is 0.949 bits per heavy atom. The molecule has 3 aromatic rings. The molecule has 39 heavy (non-hydrogen) atoms. The van der Waals surface area contributed by atoms with Crippen molar-refractivity contribution in [3.8, 4) is 0 Å². The molecule has 0 aliphatic rings. The number of methoxy groups -OCH3 is 2. The van der Waals surface area contributed by atoms with Gasteiger partial charge in [-0.15, -0.1) is 0 Å². The number of ether oxygens (including phenoxy) is 2. The van der Waals surface area contributed by atoms with Crippen LogP contribution in [0.5, 0.6) is 0 Å². The molecule has 0 aliphatic carbocycles. The average molecular weight is 527 g/mol. The molecule has 0 amide bonds. The van der Waals surface area contributed by atoms with Crippen molar-refractivity contribution in [3.05, 3.63) is 94.5 Å². The number of hydrogen-bond acceptors (Lipinski definition) is 4.